The first-order valence-electron chi connectivity index (χ1n) is 6.11. The Bertz CT molecular complexity index is 508. The molecule has 1 aliphatic heterocycles. The van der Waals surface area contributed by atoms with E-state index in [-0.39, 0.29) is 11.8 Å². The van der Waals surface area contributed by atoms with Crippen LogP contribution in [0.1, 0.15) is 12.0 Å². The number of amides is 1. The number of hydrogen-bond donors (Lipinski definition) is 2. The zero-order valence-corrected chi connectivity index (χ0v) is 10.5. The Kier molecular flexibility index (Phi) is 3.85. The van der Waals surface area contributed by atoms with E-state index >= 15 is 0 Å². The first-order chi connectivity index (χ1) is 9.06. The van der Waals surface area contributed by atoms with Crippen LogP contribution in [-0.4, -0.2) is 30.1 Å². The SMILES string of the molecule is NC(=O)C1CCN(c2ccc(/C=C/C(=O)O)cc2)C1. The number of carboxylic acid groups (broad SMARTS) is 1. The Morgan fingerprint density at radius 3 is 2.53 bits per heavy atom. The maximum Gasteiger partial charge on any atom is 0.328 e. The lowest BCUT2D eigenvalue weighted by molar-refractivity contribution is -0.131. The van der Waals surface area contributed by atoms with Crippen molar-refractivity contribution in [3.8, 4) is 0 Å². The van der Waals surface area contributed by atoms with Crippen molar-refractivity contribution in [3.63, 3.8) is 0 Å². The molecule has 1 saturated heterocycles. The summed E-state index contributed by atoms with van der Waals surface area (Å²) in [6.45, 7) is 1.47. The minimum absolute atomic E-state index is 0.0772. The van der Waals surface area contributed by atoms with Crippen LogP contribution in [0.2, 0.25) is 0 Å². The molecule has 19 heavy (non-hydrogen) atoms. The second kappa shape index (κ2) is 5.56. The molecule has 1 aromatic carbocycles. The topological polar surface area (TPSA) is 83.6 Å². The van der Waals surface area contributed by atoms with Gasteiger partial charge in [-0.3, -0.25) is 4.79 Å². The van der Waals surface area contributed by atoms with Crippen molar-refractivity contribution in [2.45, 2.75) is 6.42 Å². The maximum atomic E-state index is 11.1. The highest BCUT2D eigenvalue weighted by atomic mass is 16.4. The van der Waals surface area contributed by atoms with Gasteiger partial charge in [-0.05, 0) is 30.2 Å². The summed E-state index contributed by atoms with van der Waals surface area (Å²) in [7, 11) is 0. The maximum absolute atomic E-state index is 11.1. The molecule has 0 aromatic heterocycles. The molecule has 0 radical (unpaired) electrons. The number of hydrogen-bond acceptors (Lipinski definition) is 3. The Balaban J connectivity index is 2.03. The number of carboxylic acids is 1. The van der Waals surface area contributed by atoms with Gasteiger partial charge in [0, 0.05) is 24.9 Å². The largest absolute Gasteiger partial charge is 0.478 e. The smallest absolute Gasteiger partial charge is 0.328 e. The van der Waals surface area contributed by atoms with E-state index in [9.17, 15) is 9.59 Å². The van der Waals surface area contributed by atoms with Crippen LogP contribution in [0.4, 0.5) is 5.69 Å². The fourth-order valence-electron chi connectivity index (χ4n) is 2.19. The molecule has 1 aliphatic rings. The Hall–Kier alpha value is -2.30. The first kappa shape index (κ1) is 13.1. The third-order valence-corrected chi connectivity index (χ3v) is 3.27. The summed E-state index contributed by atoms with van der Waals surface area (Å²) in [5.74, 6) is -1.29. The van der Waals surface area contributed by atoms with Crippen LogP contribution in [0.5, 0.6) is 0 Å². The normalized spacial score (nSPS) is 18.9. The Morgan fingerprint density at radius 2 is 2.00 bits per heavy atom. The summed E-state index contributed by atoms with van der Waals surface area (Å²) in [6, 6.07) is 7.55. The number of nitrogens with zero attached hydrogens (tertiary/aromatic N) is 1. The minimum atomic E-state index is -0.965. The summed E-state index contributed by atoms with van der Waals surface area (Å²) in [5, 5.41) is 8.54. The second-order valence-electron chi connectivity index (χ2n) is 4.60. The van der Waals surface area contributed by atoms with Crippen LogP contribution in [-0.2, 0) is 9.59 Å². The van der Waals surface area contributed by atoms with Gasteiger partial charge in [0.05, 0.1) is 5.92 Å². The molecule has 5 nitrogen and oxygen atoms in total. The average molecular weight is 260 g/mol. The van der Waals surface area contributed by atoms with E-state index in [1.807, 2.05) is 24.3 Å². The van der Waals surface area contributed by atoms with Gasteiger partial charge in [-0.1, -0.05) is 12.1 Å². The second-order valence-corrected chi connectivity index (χ2v) is 4.60. The molecule has 1 heterocycles. The monoisotopic (exact) mass is 260 g/mol. The summed E-state index contributed by atoms with van der Waals surface area (Å²) in [6.07, 6.45) is 3.44. The standard InChI is InChI=1S/C14H16N2O3/c15-14(19)11-7-8-16(9-11)12-4-1-10(2-5-12)3-6-13(17)18/h1-6,11H,7-9H2,(H2,15,19)(H,17,18)/b6-3+. The molecular weight excluding hydrogens is 244 g/mol. The molecule has 3 N–H and O–H groups in total. The Labute approximate surface area is 111 Å². The molecule has 1 amide bonds. The molecule has 0 aliphatic carbocycles. The van der Waals surface area contributed by atoms with Crippen molar-refractivity contribution in [1.82, 2.24) is 0 Å². The summed E-state index contributed by atoms with van der Waals surface area (Å²) in [4.78, 5) is 23.6. The molecule has 0 saturated carbocycles. The van der Waals surface area contributed by atoms with Gasteiger partial charge in [-0.2, -0.15) is 0 Å². The zero-order chi connectivity index (χ0) is 13.8. The van der Waals surface area contributed by atoms with Gasteiger partial charge in [0.2, 0.25) is 5.91 Å². The molecule has 1 fully saturated rings. The van der Waals surface area contributed by atoms with E-state index in [2.05, 4.69) is 4.90 Å². The fourth-order valence-corrected chi connectivity index (χ4v) is 2.19. The van der Waals surface area contributed by atoms with Crippen LogP contribution in [0.3, 0.4) is 0 Å². The van der Waals surface area contributed by atoms with Crippen molar-refractivity contribution in [1.29, 1.82) is 0 Å². The molecular formula is C14H16N2O3. The lowest BCUT2D eigenvalue weighted by atomic mass is 10.1. The van der Waals surface area contributed by atoms with Gasteiger partial charge in [0.15, 0.2) is 0 Å². The van der Waals surface area contributed by atoms with Crippen molar-refractivity contribution >= 4 is 23.6 Å². The summed E-state index contributed by atoms with van der Waals surface area (Å²) in [5.41, 5.74) is 7.15. The van der Waals surface area contributed by atoms with Crippen LogP contribution in [0.25, 0.3) is 6.08 Å². The van der Waals surface area contributed by atoms with Gasteiger partial charge >= 0.3 is 5.97 Å². The van der Waals surface area contributed by atoms with E-state index < -0.39 is 5.97 Å². The highest BCUT2D eigenvalue weighted by Gasteiger charge is 2.26. The molecule has 2 rings (SSSR count). The van der Waals surface area contributed by atoms with Gasteiger partial charge in [-0.25, -0.2) is 4.79 Å². The van der Waals surface area contributed by atoms with Gasteiger partial charge < -0.3 is 15.7 Å². The van der Waals surface area contributed by atoms with Crippen molar-refractivity contribution < 1.29 is 14.7 Å². The number of aliphatic carboxylic acids is 1. The van der Waals surface area contributed by atoms with Crippen LogP contribution in [0.15, 0.2) is 30.3 Å². The first-order valence-corrected chi connectivity index (χ1v) is 6.11. The van der Waals surface area contributed by atoms with Crippen molar-refractivity contribution in [2.24, 2.45) is 11.7 Å². The third kappa shape index (κ3) is 3.34. The average Bonchev–Trinajstić information content (AvgIpc) is 2.86. The van der Waals surface area contributed by atoms with E-state index in [4.69, 9.17) is 10.8 Å². The number of anilines is 1. The van der Waals surface area contributed by atoms with Crippen LogP contribution >= 0.6 is 0 Å². The number of rotatable bonds is 4. The Morgan fingerprint density at radius 1 is 1.32 bits per heavy atom. The predicted molar refractivity (Wildman–Crippen MR) is 72.6 cm³/mol. The van der Waals surface area contributed by atoms with Gasteiger partial charge in [0.25, 0.3) is 0 Å². The van der Waals surface area contributed by atoms with Crippen LogP contribution < -0.4 is 10.6 Å². The van der Waals surface area contributed by atoms with Gasteiger partial charge in [0.1, 0.15) is 0 Å². The van der Waals surface area contributed by atoms with Crippen LogP contribution in [0, 0.1) is 5.92 Å². The number of benzene rings is 1. The fraction of sp³-hybridized carbons (Fsp3) is 0.286. The lowest BCUT2D eigenvalue weighted by Gasteiger charge is -2.18. The number of primary amides is 1. The molecule has 100 valence electrons. The van der Waals surface area contributed by atoms with E-state index in [1.54, 1.807) is 6.08 Å². The highest BCUT2D eigenvalue weighted by molar-refractivity contribution is 5.85. The van der Waals surface area contributed by atoms with Crippen molar-refractivity contribution in [3.05, 3.63) is 35.9 Å². The number of nitrogens with two attached hydrogens (primary N) is 1. The third-order valence-electron chi connectivity index (χ3n) is 3.27. The molecule has 5 heteroatoms. The van der Waals surface area contributed by atoms with E-state index in [1.165, 1.54) is 0 Å². The van der Waals surface area contributed by atoms with Gasteiger partial charge in [-0.15, -0.1) is 0 Å². The lowest BCUT2D eigenvalue weighted by Crippen LogP contribution is -2.27. The highest BCUT2D eigenvalue weighted by Crippen LogP contribution is 2.24. The molecule has 0 bridgehead atoms. The molecule has 0 spiro atoms. The molecule has 1 aromatic rings. The van der Waals surface area contributed by atoms with E-state index in [0.717, 1.165) is 30.3 Å². The number of carbonyl (C=O) groups excluding carboxylic acids is 1. The zero-order valence-electron chi connectivity index (χ0n) is 10.5. The summed E-state index contributed by atoms with van der Waals surface area (Å²) >= 11 is 0. The molecule has 1 atom stereocenters. The summed E-state index contributed by atoms with van der Waals surface area (Å²) < 4.78 is 0. The van der Waals surface area contributed by atoms with Crippen molar-refractivity contribution in [2.75, 3.05) is 18.0 Å². The van der Waals surface area contributed by atoms with E-state index in [0.29, 0.717) is 6.54 Å². The quantitative estimate of drug-likeness (QED) is 0.794. The minimum Gasteiger partial charge on any atom is -0.478 e. The predicted octanol–water partition coefficient (Wildman–Crippen LogP) is 1.10. The number of carbonyl (C=O) groups is 2. The molecule has 1 unspecified atom stereocenters.